The van der Waals surface area contributed by atoms with Gasteiger partial charge in [0.15, 0.2) is 0 Å². The Labute approximate surface area is 132 Å². The van der Waals surface area contributed by atoms with Gasteiger partial charge in [-0.25, -0.2) is 4.68 Å². The summed E-state index contributed by atoms with van der Waals surface area (Å²) in [6, 6.07) is 7.83. The van der Waals surface area contributed by atoms with Crippen LogP contribution in [0.5, 0.6) is 0 Å². The molecule has 3 nitrogen and oxygen atoms in total. The molecule has 0 aliphatic heterocycles. The first-order valence-corrected chi connectivity index (χ1v) is 7.85. The molecule has 0 radical (unpaired) electrons. The van der Waals surface area contributed by atoms with E-state index in [-0.39, 0.29) is 5.54 Å². The number of nitrogens with one attached hydrogen (secondary N) is 1. The zero-order valence-corrected chi connectivity index (χ0v) is 14.0. The van der Waals surface area contributed by atoms with Crippen LogP contribution in [0.3, 0.4) is 0 Å². The van der Waals surface area contributed by atoms with E-state index < -0.39 is 0 Å². The first kappa shape index (κ1) is 16.1. The second kappa shape index (κ2) is 6.63. The van der Waals surface area contributed by atoms with Gasteiger partial charge in [0.25, 0.3) is 0 Å². The third-order valence-corrected chi connectivity index (χ3v) is 3.57. The molecule has 4 heteroatoms. The molecule has 1 N–H and O–H groups in total. The van der Waals surface area contributed by atoms with Gasteiger partial charge in [-0.2, -0.15) is 5.10 Å². The van der Waals surface area contributed by atoms with Crippen molar-refractivity contribution in [2.75, 3.05) is 0 Å². The monoisotopic (exact) mass is 305 g/mol. The fourth-order valence-corrected chi connectivity index (χ4v) is 2.35. The van der Waals surface area contributed by atoms with E-state index >= 15 is 0 Å². The predicted octanol–water partition coefficient (Wildman–Crippen LogP) is 4.37. The Morgan fingerprint density at radius 1 is 1.19 bits per heavy atom. The molecule has 0 aliphatic carbocycles. The van der Waals surface area contributed by atoms with E-state index in [0.717, 1.165) is 30.1 Å². The molecule has 2 aromatic rings. The van der Waals surface area contributed by atoms with Crippen molar-refractivity contribution in [3.05, 3.63) is 46.7 Å². The lowest BCUT2D eigenvalue weighted by molar-refractivity contribution is 0.423. The van der Waals surface area contributed by atoms with Gasteiger partial charge >= 0.3 is 0 Å². The van der Waals surface area contributed by atoms with Crippen LogP contribution < -0.4 is 5.32 Å². The molecule has 0 fully saturated rings. The highest BCUT2D eigenvalue weighted by atomic mass is 35.5. The molecule has 21 heavy (non-hydrogen) atoms. The molecule has 1 aromatic heterocycles. The van der Waals surface area contributed by atoms with Gasteiger partial charge in [0.05, 0.1) is 11.9 Å². The summed E-state index contributed by atoms with van der Waals surface area (Å²) in [6.07, 6.45) is 4.09. The van der Waals surface area contributed by atoms with Crippen molar-refractivity contribution < 1.29 is 0 Å². The molecule has 0 saturated carbocycles. The Hall–Kier alpha value is -1.32. The molecule has 0 atom stereocenters. The summed E-state index contributed by atoms with van der Waals surface area (Å²) in [5, 5.41) is 8.85. The molecule has 1 aromatic carbocycles. The molecule has 2 rings (SSSR count). The van der Waals surface area contributed by atoms with Gasteiger partial charge in [-0.3, -0.25) is 0 Å². The molecule has 114 valence electrons. The minimum absolute atomic E-state index is 0.103. The van der Waals surface area contributed by atoms with Gasteiger partial charge in [-0.15, -0.1) is 0 Å². The molecule has 0 bridgehead atoms. The van der Waals surface area contributed by atoms with Gasteiger partial charge in [-0.05, 0) is 51.5 Å². The fourth-order valence-electron chi connectivity index (χ4n) is 2.22. The highest BCUT2D eigenvalue weighted by Crippen LogP contribution is 2.19. The minimum Gasteiger partial charge on any atom is -0.308 e. The normalized spacial score (nSPS) is 11.9. The van der Waals surface area contributed by atoms with E-state index in [2.05, 4.69) is 38.1 Å². The van der Waals surface area contributed by atoms with Crippen molar-refractivity contribution in [1.29, 1.82) is 0 Å². The average Bonchev–Trinajstić information content (AvgIpc) is 2.80. The van der Waals surface area contributed by atoms with Crippen molar-refractivity contribution in [2.24, 2.45) is 0 Å². The number of halogens is 1. The molecule has 0 aliphatic rings. The van der Waals surface area contributed by atoms with Crippen molar-refractivity contribution >= 4 is 11.6 Å². The number of benzene rings is 1. The van der Waals surface area contributed by atoms with E-state index in [4.69, 9.17) is 11.6 Å². The lowest BCUT2D eigenvalue weighted by Gasteiger charge is -2.20. The van der Waals surface area contributed by atoms with Crippen LogP contribution >= 0.6 is 11.6 Å². The summed E-state index contributed by atoms with van der Waals surface area (Å²) in [5.74, 6) is 0. The van der Waals surface area contributed by atoms with Crippen molar-refractivity contribution in [1.82, 2.24) is 15.1 Å². The maximum Gasteiger partial charge on any atom is 0.0649 e. The SMILES string of the molecule is CCCc1c(CNC(C)(C)C)cnn1-c1ccc(Cl)cc1. The number of aromatic nitrogens is 2. The van der Waals surface area contributed by atoms with Crippen LogP contribution in [-0.4, -0.2) is 15.3 Å². The molecule has 0 amide bonds. The topological polar surface area (TPSA) is 29.9 Å². The number of nitrogens with zero attached hydrogens (tertiary/aromatic N) is 2. The number of hydrogen-bond donors (Lipinski definition) is 1. The first-order chi connectivity index (χ1) is 9.90. The molecule has 0 spiro atoms. The van der Waals surface area contributed by atoms with Gasteiger partial charge in [0, 0.05) is 28.4 Å². The van der Waals surface area contributed by atoms with Crippen LogP contribution in [0.1, 0.15) is 45.4 Å². The van der Waals surface area contributed by atoms with E-state index in [1.807, 2.05) is 35.1 Å². The van der Waals surface area contributed by atoms with Crippen LogP contribution in [0, 0.1) is 0 Å². The Morgan fingerprint density at radius 3 is 2.43 bits per heavy atom. The van der Waals surface area contributed by atoms with Crippen LogP contribution in [0.15, 0.2) is 30.5 Å². The Bertz CT molecular complexity index is 579. The largest absolute Gasteiger partial charge is 0.308 e. The Balaban J connectivity index is 2.29. The third-order valence-electron chi connectivity index (χ3n) is 3.32. The smallest absolute Gasteiger partial charge is 0.0649 e. The zero-order chi connectivity index (χ0) is 15.5. The number of hydrogen-bond acceptors (Lipinski definition) is 2. The second-order valence-electron chi connectivity index (χ2n) is 6.36. The van der Waals surface area contributed by atoms with Gasteiger partial charge in [0.1, 0.15) is 0 Å². The minimum atomic E-state index is 0.103. The Morgan fingerprint density at radius 2 is 1.86 bits per heavy atom. The lowest BCUT2D eigenvalue weighted by atomic mass is 10.1. The summed E-state index contributed by atoms with van der Waals surface area (Å²) in [5.41, 5.74) is 3.70. The van der Waals surface area contributed by atoms with Crippen LogP contribution in [0.25, 0.3) is 5.69 Å². The van der Waals surface area contributed by atoms with Crippen LogP contribution in [0.2, 0.25) is 5.02 Å². The summed E-state index contributed by atoms with van der Waals surface area (Å²) >= 11 is 5.97. The second-order valence-corrected chi connectivity index (χ2v) is 6.79. The summed E-state index contributed by atoms with van der Waals surface area (Å²) in [7, 11) is 0. The molecule has 0 saturated heterocycles. The Kier molecular flexibility index (Phi) is 5.07. The molecule has 0 unspecified atom stereocenters. The summed E-state index contributed by atoms with van der Waals surface area (Å²) in [4.78, 5) is 0. The van der Waals surface area contributed by atoms with Gasteiger partial charge < -0.3 is 5.32 Å². The zero-order valence-electron chi connectivity index (χ0n) is 13.3. The highest BCUT2D eigenvalue weighted by Gasteiger charge is 2.14. The van der Waals surface area contributed by atoms with E-state index in [1.54, 1.807) is 0 Å². The van der Waals surface area contributed by atoms with E-state index in [1.165, 1.54) is 11.3 Å². The maximum atomic E-state index is 5.97. The van der Waals surface area contributed by atoms with Crippen molar-refractivity contribution in [2.45, 2.75) is 52.6 Å². The fraction of sp³-hybridized carbons (Fsp3) is 0.471. The molecular weight excluding hydrogens is 282 g/mol. The lowest BCUT2D eigenvalue weighted by Crippen LogP contribution is -2.35. The molecular formula is C17H24ClN3. The standard InChI is InChI=1S/C17H24ClN3/c1-5-6-16-13(11-19-17(2,3)4)12-20-21(16)15-9-7-14(18)8-10-15/h7-10,12,19H,5-6,11H2,1-4H3. The average molecular weight is 306 g/mol. The van der Waals surface area contributed by atoms with Crippen molar-refractivity contribution in [3.63, 3.8) is 0 Å². The van der Waals surface area contributed by atoms with E-state index in [0.29, 0.717) is 0 Å². The van der Waals surface area contributed by atoms with Crippen molar-refractivity contribution in [3.8, 4) is 5.69 Å². The quantitative estimate of drug-likeness (QED) is 0.889. The predicted molar refractivity (Wildman–Crippen MR) is 89.2 cm³/mol. The molecule has 1 heterocycles. The highest BCUT2D eigenvalue weighted by molar-refractivity contribution is 6.30. The summed E-state index contributed by atoms with van der Waals surface area (Å²) in [6.45, 7) is 9.56. The van der Waals surface area contributed by atoms with Crippen LogP contribution in [-0.2, 0) is 13.0 Å². The van der Waals surface area contributed by atoms with Gasteiger partial charge in [-0.1, -0.05) is 24.9 Å². The van der Waals surface area contributed by atoms with Gasteiger partial charge in [0.2, 0.25) is 0 Å². The first-order valence-electron chi connectivity index (χ1n) is 7.47. The van der Waals surface area contributed by atoms with E-state index in [9.17, 15) is 0 Å². The summed E-state index contributed by atoms with van der Waals surface area (Å²) < 4.78 is 2.03. The number of rotatable bonds is 5. The van der Waals surface area contributed by atoms with Crippen LogP contribution in [0.4, 0.5) is 0 Å². The maximum absolute atomic E-state index is 5.97. The third kappa shape index (κ3) is 4.32.